The number of guanidine groups is 1. The van der Waals surface area contributed by atoms with Crippen molar-refractivity contribution in [1.29, 1.82) is 0 Å². The van der Waals surface area contributed by atoms with E-state index in [4.69, 9.17) is 16.2 Å². The Morgan fingerprint density at radius 2 is 1.76 bits per heavy atom. The molecule has 0 saturated heterocycles. The van der Waals surface area contributed by atoms with Gasteiger partial charge in [-0.05, 0) is 31.9 Å². The predicted molar refractivity (Wildman–Crippen MR) is 71.4 cm³/mol. The molecule has 0 fully saturated rings. The molecule has 17 heavy (non-hydrogen) atoms. The summed E-state index contributed by atoms with van der Waals surface area (Å²) in [5.74, 6) is 1.10. The Hall–Kier alpha value is -1.71. The molecule has 4 nitrogen and oxygen atoms in total. The van der Waals surface area contributed by atoms with Gasteiger partial charge in [0.1, 0.15) is 5.75 Å². The minimum absolute atomic E-state index is 0.132. The van der Waals surface area contributed by atoms with Crippen LogP contribution in [0.2, 0.25) is 0 Å². The lowest BCUT2D eigenvalue weighted by molar-refractivity contribution is 0.309. The number of aryl methyl sites for hydroxylation is 3. The van der Waals surface area contributed by atoms with Crippen LogP contribution in [0.25, 0.3) is 0 Å². The van der Waals surface area contributed by atoms with Crippen molar-refractivity contribution in [1.82, 2.24) is 0 Å². The van der Waals surface area contributed by atoms with E-state index in [0.29, 0.717) is 13.2 Å². The van der Waals surface area contributed by atoms with Crippen molar-refractivity contribution in [3.8, 4) is 5.75 Å². The summed E-state index contributed by atoms with van der Waals surface area (Å²) < 4.78 is 5.75. The average Bonchev–Trinajstić information content (AvgIpc) is 2.20. The Labute approximate surface area is 103 Å². The Morgan fingerprint density at radius 1 is 1.18 bits per heavy atom. The second-order valence-electron chi connectivity index (χ2n) is 4.24. The zero-order valence-electron chi connectivity index (χ0n) is 10.8. The topological polar surface area (TPSA) is 73.6 Å². The molecule has 0 unspecified atom stereocenters. The maximum absolute atomic E-state index is 5.75. The van der Waals surface area contributed by atoms with Crippen LogP contribution in [-0.2, 0) is 0 Å². The molecule has 1 aromatic rings. The third-order valence-electron chi connectivity index (χ3n) is 2.45. The second-order valence-corrected chi connectivity index (χ2v) is 4.24. The minimum Gasteiger partial charge on any atom is -0.493 e. The van der Waals surface area contributed by atoms with Gasteiger partial charge in [0.25, 0.3) is 0 Å². The zero-order chi connectivity index (χ0) is 12.8. The lowest BCUT2D eigenvalue weighted by Crippen LogP contribution is -2.23. The quantitative estimate of drug-likeness (QED) is 0.463. The van der Waals surface area contributed by atoms with E-state index >= 15 is 0 Å². The van der Waals surface area contributed by atoms with Gasteiger partial charge in [-0.3, -0.25) is 4.99 Å². The highest BCUT2D eigenvalue weighted by Gasteiger charge is 2.04. The number of rotatable bonds is 5. The Bertz CT molecular complexity index is 386. The van der Waals surface area contributed by atoms with Crippen LogP contribution in [0.4, 0.5) is 0 Å². The van der Waals surface area contributed by atoms with Gasteiger partial charge in [-0.25, -0.2) is 0 Å². The molecule has 0 aliphatic heterocycles. The summed E-state index contributed by atoms with van der Waals surface area (Å²) >= 11 is 0. The van der Waals surface area contributed by atoms with Crippen molar-refractivity contribution in [2.24, 2.45) is 16.5 Å². The van der Waals surface area contributed by atoms with E-state index in [1.807, 2.05) is 0 Å². The smallest absolute Gasteiger partial charge is 0.185 e. The maximum atomic E-state index is 5.75. The van der Waals surface area contributed by atoms with Crippen molar-refractivity contribution in [3.63, 3.8) is 0 Å². The van der Waals surface area contributed by atoms with E-state index in [0.717, 1.165) is 12.2 Å². The van der Waals surface area contributed by atoms with Crippen molar-refractivity contribution in [3.05, 3.63) is 28.8 Å². The Morgan fingerprint density at radius 3 is 2.29 bits per heavy atom. The highest BCUT2D eigenvalue weighted by atomic mass is 16.5. The standard InChI is InChI=1S/C13H21N3O/c1-9-7-10(2)12(11(3)8-9)17-6-4-5-16-13(14)15/h7-8H,4-6H2,1-3H3,(H4,14,15,16). The number of aliphatic imine (C=N–C) groups is 1. The molecule has 4 N–H and O–H groups in total. The Balaban J connectivity index is 2.50. The highest BCUT2D eigenvalue weighted by molar-refractivity contribution is 5.75. The molecule has 0 aliphatic rings. The summed E-state index contributed by atoms with van der Waals surface area (Å²) in [7, 11) is 0. The van der Waals surface area contributed by atoms with E-state index in [1.54, 1.807) is 0 Å². The van der Waals surface area contributed by atoms with Crippen LogP contribution >= 0.6 is 0 Å². The van der Waals surface area contributed by atoms with E-state index < -0.39 is 0 Å². The van der Waals surface area contributed by atoms with Gasteiger partial charge in [0, 0.05) is 13.0 Å². The fourth-order valence-corrected chi connectivity index (χ4v) is 1.84. The lowest BCUT2D eigenvalue weighted by Gasteiger charge is -2.12. The molecular formula is C13H21N3O. The lowest BCUT2D eigenvalue weighted by atomic mass is 10.1. The summed E-state index contributed by atoms with van der Waals surface area (Å²) in [6, 6.07) is 4.25. The van der Waals surface area contributed by atoms with Gasteiger partial charge in [0.05, 0.1) is 6.61 Å². The SMILES string of the molecule is Cc1cc(C)c(OCCCN=C(N)N)c(C)c1. The minimum atomic E-state index is 0.132. The normalized spacial score (nSPS) is 10.1. The highest BCUT2D eigenvalue weighted by Crippen LogP contribution is 2.24. The van der Waals surface area contributed by atoms with Gasteiger partial charge >= 0.3 is 0 Å². The van der Waals surface area contributed by atoms with Crippen molar-refractivity contribution < 1.29 is 4.74 Å². The van der Waals surface area contributed by atoms with Gasteiger partial charge in [-0.15, -0.1) is 0 Å². The van der Waals surface area contributed by atoms with Crippen LogP contribution in [0.5, 0.6) is 5.75 Å². The molecule has 0 aromatic heterocycles. The molecule has 1 aromatic carbocycles. The molecule has 0 spiro atoms. The number of hydrogen-bond acceptors (Lipinski definition) is 2. The zero-order valence-corrected chi connectivity index (χ0v) is 10.8. The van der Waals surface area contributed by atoms with Crippen LogP contribution in [-0.4, -0.2) is 19.1 Å². The molecule has 0 amide bonds. The van der Waals surface area contributed by atoms with Gasteiger partial charge in [0.15, 0.2) is 5.96 Å². The molecule has 0 atom stereocenters. The fraction of sp³-hybridized carbons (Fsp3) is 0.462. The molecule has 94 valence electrons. The van der Waals surface area contributed by atoms with Crippen LogP contribution in [0.3, 0.4) is 0 Å². The number of ether oxygens (including phenoxy) is 1. The van der Waals surface area contributed by atoms with Crippen LogP contribution in [0.15, 0.2) is 17.1 Å². The third kappa shape index (κ3) is 4.34. The van der Waals surface area contributed by atoms with E-state index in [1.165, 1.54) is 16.7 Å². The molecule has 4 heteroatoms. The summed E-state index contributed by atoms with van der Waals surface area (Å²) in [6.07, 6.45) is 0.810. The summed E-state index contributed by atoms with van der Waals surface area (Å²) in [5, 5.41) is 0. The van der Waals surface area contributed by atoms with Crippen molar-refractivity contribution in [2.75, 3.05) is 13.2 Å². The number of hydrogen-bond donors (Lipinski definition) is 2. The molecule has 0 heterocycles. The monoisotopic (exact) mass is 235 g/mol. The van der Waals surface area contributed by atoms with Gasteiger partial charge in [-0.2, -0.15) is 0 Å². The van der Waals surface area contributed by atoms with E-state index in [-0.39, 0.29) is 5.96 Å². The second kappa shape index (κ2) is 6.13. The number of nitrogens with two attached hydrogens (primary N) is 2. The molecule has 0 aliphatic carbocycles. The first-order valence-electron chi connectivity index (χ1n) is 5.76. The molecule has 0 saturated carbocycles. The summed E-state index contributed by atoms with van der Waals surface area (Å²) in [5.41, 5.74) is 14.1. The number of benzene rings is 1. The Kier molecular flexibility index (Phi) is 4.82. The first-order valence-corrected chi connectivity index (χ1v) is 5.76. The maximum Gasteiger partial charge on any atom is 0.185 e. The third-order valence-corrected chi connectivity index (χ3v) is 2.45. The average molecular weight is 235 g/mol. The fourth-order valence-electron chi connectivity index (χ4n) is 1.84. The van der Waals surface area contributed by atoms with Crippen molar-refractivity contribution >= 4 is 5.96 Å². The van der Waals surface area contributed by atoms with Crippen LogP contribution in [0.1, 0.15) is 23.1 Å². The van der Waals surface area contributed by atoms with E-state index in [2.05, 4.69) is 37.9 Å². The van der Waals surface area contributed by atoms with Crippen LogP contribution in [0, 0.1) is 20.8 Å². The summed E-state index contributed by atoms with van der Waals surface area (Å²) in [4.78, 5) is 3.91. The van der Waals surface area contributed by atoms with Gasteiger partial charge in [-0.1, -0.05) is 17.7 Å². The van der Waals surface area contributed by atoms with Crippen molar-refractivity contribution in [2.45, 2.75) is 27.2 Å². The molecule has 0 radical (unpaired) electrons. The first kappa shape index (κ1) is 13.4. The molecule has 0 bridgehead atoms. The molecular weight excluding hydrogens is 214 g/mol. The predicted octanol–water partition coefficient (Wildman–Crippen LogP) is 1.65. The molecule has 1 rings (SSSR count). The van der Waals surface area contributed by atoms with E-state index in [9.17, 15) is 0 Å². The first-order chi connectivity index (χ1) is 8.00. The van der Waals surface area contributed by atoms with Gasteiger partial charge in [0.2, 0.25) is 0 Å². The largest absolute Gasteiger partial charge is 0.493 e. The number of nitrogens with zero attached hydrogens (tertiary/aromatic N) is 1. The summed E-state index contributed by atoms with van der Waals surface area (Å²) in [6.45, 7) is 7.44. The van der Waals surface area contributed by atoms with Gasteiger partial charge < -0.3 is 16.2 Å². The van der Waals surface area contributed by atoms with Crippen LogP contribution < -0.4 is 16.2 Å².